The minimum Gasteiger partial charge on any atom is -0.388 e. The fraction of sp³-hybridized carbons (Fsp3) is 0.500. The van der Waals surface area contributed by atoms with Crippen LogP contribution in [0, 0.1) is 0 Å². The smallest absolute Gasteiger partial charge is 0.0932 e. The molecule has 1 nitrogen and oxygen atoms in total. The second-order valence-corrected chi connectivity index (χ2v) is 4.61. The first kappa shape index (κ1) is 10.3. The standard InChI is InChI=1S/C8H10Cl2OS/c9-5-1-2-6(11)7-3-4-8(10)12-7/h3-4,6,11H,1-2,5H2. The van der Waals surface area contributed by atoms with Crippen LogP contribution in [0.15, 0.2) is 12.1 Å². The van der Waals surface area contributed by atoms with Crippen LogP contribution in [0.2, 0.25) is 4.34 Å². The monoisotopic (exact) mass is 224 g/mol. The molecule has 1 aromatic rings. The summed E-state index contributed by atoms with van der Waals surface area (Å²) in [6, 6.07) is 3.65. The van der Waals surface area contributed by atoms with Crippen LogP contribution in [0.4, 0.5) is 0 Å². The van der Waals surface area contributed by atoms with Gasteiger partial charge in [0.1, 0.15) is 0 Å². The van der Waals surface area contributed by atoms with Crippen molar-refractivity contribution >= 4 is 34.5 Å². The highest BCUT2D eigenvalue weighted by molar-refractivity contribution is 7.16. The molecule has 0 aliphatic heterocycles. The van der Waals surface area contributed by atoms with Gasteiger partial charge >= 0.3 is 0 Å². The Bertz CT molecular complexity index is 237. The summed E-state index contributed by atoms with van der Waals surface area (Å²) >= 11 is 12.6. The van der Waals surface area contributed by atoms with E-state index in [0.717, 1.165) is 15.6 Å². The average Bonchev–Trinajstić information content (AvgIpc) is 2.47. The van der Waals surface area contributed by atoms with Crippen LogP contribution in [0.1, 0.15) is 23.8 Å². The maximum atomic E-state index is 9.56. The molecule has 1 rings (SSSR count). The number of alkyl halides is 1. The number of rotatable bonds is 4. The third kappa shape index (κ3) is 2.94. The molecule has 1 atom stereocenters. The zero-order chi connectivity index (χ0) is 8.97. The van der Waals surface area contributed by atoms with Crippen LogP contribution in [0.5, 0.6) is 0 Å². The molecule has 0 radical (unpaired) electrons. The van der Waals surface area contributed by atoms with Gasteiger partial charge in [0.15, 0.2) is 0 Å². The molecule has 12 heavy (non-hydrogen) atoms. The lowest BCUT2D eigenvalue weighted by atomic mass is 10.2. The lowest BCUT2D eigenvalue weighted by Gasteiger charge is -2.05. The van der Waals surface area contributed by atoms with Gasteiger partial charge in [-0.05, 0) is 25.0 Å². The van der Waals surface area contributed by atoms with E-state index in [1.54, 1.807) is 6.07 Å². The fourth-order valence-corrected chi connectivity index (χ4v) is 2.16. The van der Waals surface area contributed by atoms with Crippen molar-refractivity contribution in [1.82, 2.24) is 0 Å². The van der Waals surface area contributed by atoms with Crippen LogP contribution in [-0.4, -0.2) is 11.0 Å². The van der Waals surface area contributed by atoms with Gasteiger partial charge in [0, 0.05) is 10.8 Å². The topological polar surface area (TPSA) is 20.2 Å². The molecule has 1 aromatic heterocycles. The molecule has 0 spiro atoms. The Labute approximate surface area is 85.9 Å². The SMILES string of the molecule is OC(CCCCl)c1ccc(Cl)s1. The van der Waals surface area contributed by atoms with E-state index in [2.05, 4.69) is 0 Å². The van der Waals surface area contributed by atoms with E-state index in [1.807, 2.05) is 6.07 Å². The summed E-state index contributed by atoms with van der Waals surface area (Å²) in [5.74, 6) is 0.593. The average molecular weight is 225 g/mol. The Morgan fingerprint density at radius 1 is 1.50 bits per heavy atom. The van der Waals surface area contributed by atoms with E-state index in [-0.39, 0.29) is 0 Å². The first-order valence-corrected chi connectivity index (χ1v) is 5.46. The molecule has 4 heteroatoms. The molecule has 0 fully saturated rings. The molecule has 0 amide bonds. The zero-order valence-electron chi connectivity index (χ0n) is 6.46. The van der Waals surface area contributed by atoms with Crippen LogP contribution < -0.4 is 0 Å². The van der Waals surface area contributed by atoms with Crippen LogP contribution in [0.25, 0.3) is 0 Å². The molecule has 0 saturated heterocycles. The number of hydrogen-bond donors (Lipinski definition) is 1. The summed E-state index contributed by atoms with van der Waals surface area (Å²) in [6.45, 7) is 0. The van der Waals surface area contributed by atoms with Gasteiger partial charge in [-0.25, -0.2) is 0 Å². The van der Waals surface area contributed by atoms with Gasteiger partial charge in [-0.1, -0.05) is 11.6 Å². The molecular weight excluding hydrogens is 215 g/mol. The molecule has 1 unspecified atom stereocenters. The second kappa shape index (κ2) is 5.07. The number of hydrogen-bond acceptors (Lipinski definition) is 2. The Balaban J connectivity index is 2.47. The summed E-state index contributed by atoms with van der Waals surface area (Å²) in [7, 11) is 0. The van der Waals surface area contributed by atoms with Gasteiger partial charge in [0.25, 0.3) is 0 Å². The van der Waals surface area contributed by atoms with E-state index in [1.165, 1.54) is 11.3 Å². The second-order valence-electron chi connectivity index (χ2n) is 2.49. The van der Waals surface area contributed by atoms with Crippen LogP contribution in [0.3, 0.4) is 0 Å². The highest BCUT2D eigenvalue weighted by Crippen LogP contribution is 2.29. The highest BCUT2D eigenvalue weighted by Gasteiger charge is 2.08. The summed E-state index contributed by atoms with van der Waals surface area (Å²) < 4.78 is 0.718. The van der Waals surface area contributed by atoms with Gasteiger partial charge in [-0.3, -0.25) is 0 Å². The Morgan fingerprint density at radius 2 is 2.25 bits per heavy atom. The summed E-state index contributed by atoms with van der Waals surface area (Å²) in [4.78, 5) is 0.921. The highest BCUT2D eigenvalue weighted by atomic mass is 35.5. The van der Waals surface area contributed by atoms with E-state index in [4.69, 9.17) is 23.2 Å². The molecule has 68 valence electrons. The van der Waals surface area contributed by atoms with Crippen molar-refractivity contribution in [2.75, 3.05) is 5.88 Å². The first-order valence-electron chi connectivity index (χ1n) is 3.73. The summed E-state index contributed by atoms with van der Waals surface area (Å²) in [6.07, 6.45) is 1.14. The molecule has 1 N–H and O–H groups in total. The van der Waals surface area contributed by atoms with E-state index < -0.39 is 6.10 Å². The van der Waals surface area contributed by atoms with Crippen molar-refractivity contribution in [2.24, 2.45) is 0 Å². The molecule has 0 aliphatic rings. The minimum atomic E-state index is -0.402. The number of aliphatic hydroxyl groups excluding tert-OH is 1. The zero-order valence-corrected chi connectivity index (χ0v) is 8.79. The van der Waals surface area contributed by atoms with Crippen molar-refractivity contribution in [2.45, 2.75) is 18.9 Å². The van der Waals surface area contributed by atoms with Crippen molar-refractivity contribution < 1.29 is 5.11 Å². The van der Waals surface area contributed by atoms with Gasteiger partial charge in [-0.15, -0.1) is 22.9 Å². The van der Waals surface area contributed by atoms with Gasteiger partial charge in [0.05, 0.1) is 10.4 Å². The third-order valence-corrected chi connectivity index (χ3v) is 3.13. The molecule has 1 heterocycles. The largest absolute Gasteiger partial charge is 0.388 e. The third-order valence-electron chi connectivity index (χ3n) is 1.53. The van der Waals surface area contributed by atoms with E-state index in [0.29, 0.717) is 12.3 Å². The Morgan fingerprint density at radius 3 is 2.75 bits per heavy atom. The molecule has 0 aliphatic carbocycles. The molecule has 0 aromatic carbocycles. The van der Waals surface area contributed by atoms with Crippen molar-refractivity contribution in [3.63, 3.8) is 0 Å². The number of halogens is 2. The normalized spacial score (nSPS) is 13.2. The minimum absolute atomic E-state index is 0.402. The lowest BCUT2D eigenvalue weighted by Crippen LogP contribution is -1.94. The van der Waals surface area contributed by atoms with Gasteiger partial charge in [-0.2, -0.15) is 0 Å². The lowest BCUT2D eigenvalue weighted by molar-refractivity contribution is 0.170. The Hall–Kier alpha value is 0.240. The van der Waals surface area contributed by atoms with Crippen LogP contribution >= 0.6 is 34.5 Å². The predicted molar refractivity (Wildman–Crippen MR) is 54.2 cm³/mol. The number of aliphatic hydroxyl groups is 1. The maximum absolute atomic E-state index is 9.56. The fourth-order valence-electron chi connectivity index (χ4n) is 0.920. The quantitative estimate of drug-likeness (QED) is 0.778. The summed E-state index contributed by atoms with van der Waals surface area (Å²) in [5.41, 5.74) is 0. The van der Waals surface area contributed by atoms with Crippen molar-refractivity contribution in [1.29, 1.82) is 0 Å². The maximum Gasteiger partial charge on any atom is 0.0932 e. The van der Waals surface area contributed by atoms with E-state index >= 15 is 0 Å². The predicted octanol–water partition coefficient (Wildman–Crippen LogP) is 3.45. The number of thiophene rings is 1. The van der Waals surface area contributed by atoms with Crippen molar-refractivity contribution in [3.8, 4) is 0 Å². The molecular formula is C8H10Cl2OS. The van der Waals surface area contributed by atoms with Gasteiger partial charge in [0.2, 0.25) is 0 Å². The Kier molecular flexibility index (Phi) is 4.36. The van der Waals surface area contributed by atoms with E-state index in [9.17, 15) is 5.11 Å². The molecule has 0 bridgehead atoms. The van der Waals surface area contributed by atoms with Crippen molar-refractivity contribution in [3.05, 3.63) is 21.3 Å². The first-order chi connectivity index (χ1) is 5.74. The molecule has 0 saturated carbocycles. The van der Waals surface area contributed by atoms with Gasteiger partial charge < -0.3 is 5.11 Å². The van der Waals surface area contributed by atoms with Crippen LogP contribution in [-0.2, 0) is 0 Å². The summed E-state index contributed by atoms with van der Waals surface area (Å²) in [5, 5.41) is 9.56.